The SMILES string of the molecule is COc1ccc(/C=N/NC(N)=S)cc1OCC#N. The average Bonchev–Trinajstić information content (AvgIpc) is 2.36. The Bertz CT molecular complexity index is 496. The molecule has 18 heavy (non-hydrogen) atoms. The Morgan fingerprint density at radius 1 is 1.61 bits per heavy atom. The maximum Gasteiger partial charge on any atom is 0.184 e. The molecule has 0 unspecified atom stereocenters. The van der Waals surface area contributed by atoms with E-state index in [1.54, 1.807) is 18.2 Å². The number of nitriles is 1. The molecule has 7 heteroatoms. The van der Waals surface area contributed by atoms with Crippen molar-refractivity contribution in [1.82, 2.24) is 5.43 Å². The Morgan fingerprint density at radius 2 is 2.39 bits per heavy atom. The second-order valence-electron chi connectivity index (χ2n) is 3.09. The minimum Gasteiger partial charge on any atom is -0.493 e. The molecular formula is C11H12N4O2S. The number of hydrogen-bond acceptors (Lipinski definition) is 5. The van der Waals surface area contributed by atoms with E-state index in [1.165, 1.54) is 13.3 Å². The molecule has 3 N–H and O–H groups in total. The number of hydrazone groups is 1. The zero-order valence-corrected chi connectivity index (χ0v) is 10.5. The van der Waals surface area contributed by atoms with Gasteiger partial charge in [0.05, 0.1) is 13.3 Å². The molecule has 0 saturated heterocycles. The summed E-state index contributed by atoms with van der Waals surface area (Å²) < 4.78 is 10.3. The topological polar surface area (TPSA) is 92.7 Å². The molecule has 0 atom stereocenters. The van der Waals surface area contributed by atoms with E-state index in [0.29, 0.717) is 11.5 Å². The molecule has 0 aromatic heterocycles. The highest BCUT2D eigenvalue weighted by Gasteiger charge is 2.04. The van der Waals surface area contributed by atoms with E-state index in [9.17, 15) is 0 Å². The third kappa shape index (κ3) is 4.27. The molecule has 0 saturated carbocycles. The predicted molar refractivity (Wildman–Crippen MR) is 71.6 cm³/mol. The highest BCUT2D eigenvalue weighted by atomic mass is 32.1. The molecule has 0 aliphatic carbocycles. The maximum absolute atomic E-state index is 8.48. The van der Waals surface area contributed by atoms with Gasteiger partial charge >= 0.3 is 0 Å². The van der Waals surface area contributed by atoms with Gasteiger partial charge in [-0.3, -0.25) is 5.43 Å². The first-order chi connectivity index (χ1) is 8.67. The Balaban J connectivity index is 2.85. The van der Waals surface area contributed by atoms with Crippen molar-refractivity contribution in [3.05, 3.63) is 23.8 Å². The van der Waals surface area contributed by atoms with Gasteiger partial charge in [-0.25, -0.2) is 0 Å². The van der Waals surface area contributed by atoms with Crippen molar-refractivity contribution in [2.45, 2.75) is 0 Å². The van der Waals surface area contributed by atoms with Crippen molar-refractivity contribution in [3.63, 3.8) is 0 Å². The Hall–Kier alpha value is -2.33. The first-order valence-corrected chi connectivity index (χ1v) is 5.34. The second-order valence-corrected chi connectivity index (χ2v) is 3.53. The van der Waals surface area contributed by atoms with Gasteiger partial charge in [0.25, 0.3) is 0 Å². The molecule has 0 heterocycles. The quantitative estimate of drug-likeness (QED) is 0.463. The predicted octanol–water partition coefficient (Wildman–Crippen LogP) is 0.765. The van der Waals surface area contributed by atoms with Crippen molar-refractivity contribution < 1.29 is 9.47 Å². The van der Waals surface area contributed by atoms with Crippen LogP contribution in [-0.2, 0) is 0 Å². The zero-order valence-electron chi connectivity index (χ0n) is 9.71. The molecule has 0 aliphatic heterocycles. The van der Waals surface area contributed by atoms with Gasteiger partial charge in [0, 0.05) is 0 Å². The number of hydrogen-bond donors (Lipinski definition) is 2. The molecular weight excluding hydrogens is 252 g/mol. The van der Waals surface area contributed by atoms with Crippen LogP contribution in [0.4, 0.5) is 0 Å². The van der Waals surface area contributed by atoms with E-state index in [-0.39, 0.29) is 11.7 Å². The highest BCUT2D eigenvalue weighted by molar-refractivity contribution is 7.80. The third-order valence-electron chi connectivity index (χ3n) is 1.87. The van der Waals surface area contributed by atoms with Gasteiger partial charge < -0.3 is 15.2 Å². The van der Waals surface area contributed by atoms with E-state index in [4.69, 9.17) is 20.5 Å². The minimum atomic E-state index is -0.0535. The van der Waals surface area contributed by atoms with Crippen LogP contribution in [0.5, 0.6) is 11.5 Å². The van der Waals surface area contributed by atoms with Crippen molar-refractivity contribution in [2.75, 3.05) is 13.7 Å². The standard InChI is InChI=1S/C11H12N4O2S/c1-16-9-3-2-8(7-14-15-11(13)18)6-10(9)17-5-4-12/h2-3,6-7H,5H2,1H3,(H3,13,15,18)/b14-7+. The molecule has 0 aliphatic rings. The lowest BCUT2D eigenvalue weighted by atomic mass is 10.2. The zero-order chi connectivity index (χ0) is 13.4. The number of nitrogens with one attached hydrogen (secondary N) is 1. The lowest BCUT2D eigenvalue weighted by molar-refractivity contribution is 0.329. The van der Waals surface area contributed by atoms with Gasteiger partial charge in [-0.05, 0) is 36.0 Å². The Kier molecular flexibility index (Phi) is 5.41. The molecule has 6 nitrogen and oxygen atoms in total. The summed E-state index contributed by atoms with van der Waals surface area (Å²) in [7, 11) is 1.52. The fourth-order valence-corrected chi connectivity index (χ4v) is 1.22. The molecule has 1 aromatic rings. The van der Waals surface area contributed by atoms with Crippen molar-refractivity contribution >= 4 is 23.5 Å². The van der Waals surface area contributed by atoms with Crippen LogP contribution >= 0.6 is 12.2 Å². The average molecular weight is 264 g/mol. The fraction of sp³-hybridized carbons (Fsp3) is 0.182. The molecule has 1 rings (SSSR count). The van der Waals surface area contributed by atoms with Gasteiger partial charge in [0.2, 0.25) is 0 Å². The van der Waals surface area contributed by atoms with E-state index >= 15 is 0 Å². The van der Waals surface area contributed by atoms with Crippen molar-refractivity contribution in [1.29, 1.82) is 5.26 Å². The van der Waals surface area contributed by atoms with E-state index in [2.05, 4.69) is 22.7 Å². The number of thiocarbonyl (C=S) groups is 1. The summed E-state index contributed by atoms with van der Waals surface area (Å²) in [5.41, 5.74) is 8.42. The fourth-order valence-electron chi connectivity index (χ4n) is 1.17. The lowest BCUT2D eigenvalue weighted by Gasteiger charge is -2.08. The second kappa shape index (κ2) is 7.09. The van der Waals surface area contributed by atoms with Crippen LogP contribution in [0.2, 0.25) is 0 Å². The van der Waals surface area contributed by atoms with Gasteiger partial charge in [0.1, 0.15) is 6.07 Å². The lowest BCUT2D eigenvalue weighted by Crippen LogP contribution is -2.23. The van der Waals surface area contributed by atoms with Crippen LogP contribution in [0.1, 0.15) is 5.56 Å². The summed E-state index contributed by atoms with van der Waals surface area (Å²) in [6.07, 6.45) is 1.53. The maximum atomic E-state index is 8.48. The molecule has 0 radical (unpaired) electrons. The monoisotopic (exact) mass is 264 g/mol. The Labute approximate surface area is 110 Å². The van der Waals surface area contributed by atoms with Gasteiger partial charge in [0.15, 0.2) is 23.2 Å². The van der Waals surface area contributed by atoms with Crippen LogP contribution in [0, 0.1) is 11.3 Å². The van der Waals surface area contributed by atoms with Crippen LogP contribution in [0.25, 0.3) is 0 Å². The van der Waals surface area contributed by atoms with Gasteiger partial charge in [-0.1, -0.05) is 0 Å². The van der Waals surface area contributed by atoms with Crippen molar-refractivity contribution in [3.8, 4) is 17.6 Å². The highest BCUT2D eigenvalue weighted by Crippen LogP contribution is 2.27. The summed E-state index contributed by atoms with van der Waals surface area (Å²) in [6.45, 7) is -0.0535. The van der Waals surface area contributed by atoms with Crippen LogP contribution in [0.3, 0.4) is 0 Å². The largest absolute Gasteiger partial charge is 0.493 e. The van der Waals surface area contributed by atoms with Crippen molar-refractivity contribution in [2.24, 2.45) is 10.8 Å². The summed E-state index contributed by atoms with van der Waals surface area (Å²) in [6, 6.07) is 7.08. The number of ether oxygens (including phenoxy) is 2. The first-order valence-electron chi connectivity index (χ1n) is 4.93. The smallest absolute Gasteiger partial charge is 0.184 e. The summed E-state index contributed by atoms with van der Waals surface area (Å²) >= 11 is 4.61. The van der Waals surface area contributed by atoms with Gasteiger partial charge in [-0.15, -0.1) is 0 Å². The molecule has 0 amide bonds. The Morgan fingerprint density at radius 3 is 3.00 bits per heavy atom. The summed E-state index contributed by atoms with van der Waals surface area (Å²) in [4.78, 5) is 0. The van der Waals surface area contributed by atoms with E-state index in [1.807, 2.05) is 6.07 Å². The third-order valence-corrected chi connectivity index (χ3v) is 1.96. The number of rotatable bonds is 5. The number of methoxy groups -OCH3 is 1. The molecule has 94 valence electrons. The van der Waals surface area contributed by atoms with Crippen LogP contribution < -0.4 is 20.6 Å². The van der Waals surface area contributed by atoms with Gasteiger partial charge in [-0.2, -0.15) is 10.4 Å². The molecule has 1 aromatic carbocycles. The summed E-state index contributed by atoms with van der Waals surface area (Å²) in [5.74, 6) is 1.02. The molecule has 0 bridgehead atoms. The summed E-state index contributed by atoms with van der Waals surface area (Å²) in [5, 5.41) is 12.4. The number of nitrogens with zero attached hydrogens (tertiary/aromatic N) is 2. The normalized spacial score (nSPS) is 9.78. The molecule has 0 fully saturated rings. The van der Waals surface area contributed by atoms with E-state index < -0.39 is 0 Å². The first kappa shape index (κ1) is 13.7. The van der Waals surface area contributed by atoms with Crippen LogP contribution in [-0.4, -0.2) is 25.0 Å². The van der Waals surface area contributed by atoms with Crippen LogP contribution in [0.15, 0.2) is 23.3 Å². The molecule has 0 spiro atoms. The number of nitrogens with two attached hydrogens (primary N) is 1. The minimum absolute atomic E-state index is 0.0535. The number of benzene rings is 1. The van der Waals surface area contributed by atoms with E-state index in [0.717, 1.165) is 5.56 Å².